The maximum Gasteiger partial charge on any atom is 0.281 e. The molecule has 0 spiro atoms. The summed E-state index contributed by atoms with van der Waals surface area (Å²) in [6.07, 6.45) is 2.81. The molecule has 1 aliphatic heterocycles. The third kappa shape index (κ3) is 3.66. The van der Waals surface area contributed by atoms with E-state index in [0.29, 0.717) is 22.6 Å². The molecule has 32 heavy (non-hydrogen) atoms. The van der Waals surface area contributed by atoms with Crippen LogP contribution in [0.4, 0.5) is 11.4 Å². The maximum absolute atomic E-state index is 12.5. The highest BCUT2D eigenvalue weighted by Gasteiger charge is 2.20. The molecule has 0 aliphatic carbocycles. The third-order valence-corrected chi connectivity index (χ3v) is 6.41. The molecule has 160 valence electrons. The van der Waals surface area contributed by atoms with Crippen LogP contribution in [-0.2, 0) is 17.8 Å². The molecule has 0 amide bonds. The van der Waals surface area contributed by atoms with Crippen LogP contribution >= 0.6 is 0 Å². The molecule has 1 aromatic heterocycles. The lowest BCUT2D eigenvalue weighted by Crippen LogP contribution is -2.19. The Morgan fingerprint density at radius 3 is 2.34 bits per heavy atom. The van der Waals surface area contributed by atoms with Gasteiger partial charge < -0.3 is 4.57 Å². The van der Waals surface area contributed by atoms with Gasteiger partial charge in [0.25, 0.3) is 16.8 Å². The first-order chi connectivity index (χ1) is 15.5. The molecule has 3 aromatic carbocycles. The van der Waals surface area contributed by atoms with Gasteiger partial charge in [0.1, 0.15) is 5.82 Å². The molecule has 1 N–H and O–H groups in total. The summed E-state index contributed by atoms with van der Waals surface area (Å²) in [7, 11) is 0. The van der Waals surface area contributed by atoms with Crippen LogP contribution < -0.4 is 9.86 Å². The average molecular weight is 444 g/mol. The third-order valence-electron chi connectivity index (χ3n) is 5.67. The number of hydrogen-bond acceptors (Lipinski definition) is 3. The van der Waals surface area contributed by atoms with Crippen molar-refractivity contribution in [3.8, 4) is 0 Å². The smallest absolute Gasteiger partial charge is 0.281 e. The summed E-state index contributed by atoms with van der Waals surface area (Å²) in [5.74, 6) is 0.704. The lowest BCUT2D eigenvalue weighted by molar-refractivity contribution is 0.564. The Morgan fingerprint density at radius 1 is 1.00 bits per heavy atom. The monoisotopic (exact) mass is 443 g/mol. The van der Waals surface area contributed by atoms with Gasteiger partial charge in [-0.3, -0.25) is 9.35 Å². The number of para-hydroxylation sites is 1. The zero-order valence-corrected chi connectivity index (χ0v) is 18.2. The molecule has 0 bridgehead atoms. The average Bonchev–Trinajstić information content (AvgIpc) is 3.19. The van der Waals surface area contributed by atoms with Crippen LogP contribution in [0.1, 0.15) is 23.4 Å². The number of allylic oxidation sites excluding steroid dienone is 1. The van der Waals surface area contributed by atoms with E-state index in [9.17, 15) is 13.6 Å². The minimum Gasteiger partial charge on any atom is -0.325 e. The Bertz CT molecular complexity index is 1420. The number of fused-ring (bicyclic) bond motifs is 3. The van der Waals surface area contributed by atoms with E-state index in [1.807, 2.05) is 85.8 Å². The van der Waals surface area contributed by atoms with Gasteiger partial charge in [-0.25, -0.2) is 8.51 Å². The molecule has 0 saturated heterocycles. The molecule has 0 fully saturated rings. The standard InChI is InChI=1S/C25H21N3O3S/c1-17-6-10-20(11-7-17)28(32(30)31)21-12-8-18(9-13-21)16-19-14-15-27-23-5-3-2-4-22(23)25(29)26-24(19)27/h2-13,16H,14-15H2,1H3,(H,30,31)/b19-16+. The summed E-state index contributed by atoms with van der Waals surface area (Å²) in [4.78, 5) is 16.8. The zero-order chi connectivity index (χ0) is 22.2. The number of rotatable bonds is 4. The topological polar surface area (TPSA) is 75.4 Å². The van der Waals surface area contributed by atoms with Crippen molar-refractivity contribution >= 4 is 45.2 Å². The van der Waals surface area contributed by atoms with Gasteiger partial charge in [0.15, 0.2) is 0 Å². The van der Waals surface area contributed by atoms with Crippen molar-refractivity contribution in [1.29, 1.82) is 0 Å². The summed E-state index contributed by atoms with van der Waals surface area (Å²) >= 11 is -2.20. The maximum atomic E-state index is 12.5. The molecular weight excluding hydrogens is 422 g/mol. The van der Waals surface area contributed by atoms with Gasteiger partial charge in [0, 0.05) is 6.54 Å². The SMILES string of the molecule is Cc1ccc(N(c2ccc(/C=C3\CCn4c3nc(=O)c3ccccc34)cc2)S(=O)O)cc1. The molecule has 6 nitrogen and oxygen atoms in total. The van der Waals surface area contributed by atoms with E-state index < -0.39 is 11.3 Å². The lowest BCUT2D eigenvalue weighted by atomic mass is 10.1. The van der Waals surface area contributed by atoms with E-state index >= 15 is 0 Å². The van der Waals surface area contributed by atoms with Crippen molar-refractivity contribution in [2.45, 2.75) is 19.9 Å². The predicted molar refractivity (Wildman–Crippen MR) is 129 cm³/mol. The lowest BCUT2D eigenvalue weighted by Gasteiger charge is -2.20. The van der Waals surface area contributed by atoms with Gasteiger partial charge in [0.2, 0.25) is 0 Å². The second-order valence-corrected chi connectivity index (χ2v) is 8.61. The Balaban J connectivity index is 1.49. The Labute approximate surface area is 187 Å². The number of nitrogens with zero attached hydrogens (tertiary/aromatic N) is 3. The second kappa shape index (κ2) is 8.18. The summed E-state index contributed by atoms with van der Waals surface area (Å²) in [6, 6.07) is 22.4. The Morgan fingerprint density at radius 2 is 1.66 bits per heavy atom. The molecule has 1 aliphatic rings. The van der Waals surface area contributed by atoms with E-state index in [1.54, 1.807) is 0 Å². The van der Waals surface area contributed by atoms with E-state index in [4.69, 9.17) is 0 Å². The van der Waals surface area contributed by atoms with Gasteiger partial charge in [-0.15, -0.1) is 0 Å². The van der Waals surface area contributed by atoms with Crippen LogP contribution in [0.3, 0.4) is 0 Å². The summed E-state index contributed by atoms with van der Waals surface area (Å²) in [5.41, 5.74) is 4.96. The van der Waals surface area contributed by atoms with Crippen molar-refractivity contribution in [2.75, 3.05) is 4.31 Å². The Hall–Kier alpha value is -3.55. The molecule has 1 atom stereocenters. The van der Waals surface area contributed by atoms with Crippen LogP contribution in [0, 0.1) is 6.92 Å². The highest BCUT2D eigenvalue weighted by molar-refractivity contribution is 7.81. The van der Waals surface area contributed by atoms with Crippen LogP contribution in [-0.4, -0.2) is 18.3 Å². The van der Waals surface area contributed by atoms with E-state index in [-0.39, 0.29) is 5.56 Å². The molecule has 7 heteroatoms. The summed E-state index contributed by atoms with van der Waals surface area (Å²) in [6.45, 7) is 2.75. The van der Waals surface area contributed by atoms with Crippen LogP contribution in [0.15, 0.2) is 77.6 Å². The van der Waals surface area contributed by atoms with Crippen molar-refractivity contribution in [1.82, 2.24) is 9.55 Å². The minimum absolute atomic E-state index is 0.214. The van der Waals surface area contributed by atoms with E-state index in [0.717, 1.165) is 35.2 Å². The molecular formula is C25H21N3O3S. The molecule has 0 saturated carbocycles. The number of benzene rings is 3. The molecule has 1 unspecified atom stereocenters. The highest BCUT2D eigenvalue weighted by atomic mass is 32.2. The largest absolute Gasteiger partial charge is 0.325 e. The van der Waals surface area contributed by atoms with Crippen LogP contribution in [0.2, 0.25) is 0 Å². The van der Waals surface area contributed by atoms with Crippen LogP contribution in [0.5, 0.6) is 0 Å². The van der Waals surface area contributed by atoms with Crippen LogP contribution in [0.25, 0.3) is 22.6 Å². The number of aryl methyl sites for hydroxylation is 2. The molecule has 0 radical (unpaired) electrons. The van der Waals surface area contributed by atoms with E-state index in [2.05, 4.69) is 9.55 Å². The van der Waals surface area contributed by atoms with E-state index in [1.165, 1.54) is 4.31 Å². The Kier molecular flexibility index (Phi) is 5.20. The number of aromatic nitrogens is 2. The fourth-order valence-electron chi connectivity index (χ4n) is 4.09. The first-order valence-corrected chi connectivity index (χ1v) is 11.4. The summed E-state index contributed by atoms with van der Waals surface area (Å²) in [5, 5.41) is 0.634. The van der Waals surface area contributed by atoms with Crippen molar-refractivity contribution in [3.05, 3.63) is 100 Å². The van der Waals surface area contributed by atoms with Gasteiger partial charge in [-0.05, 0) is 67.0 Å². The number of anilines is 2. The van der Waals surface area contributed by atoms with Gasteiger partial charge in [0.05, 0.1) is 22.3 Å². The number of hydrogen-bond donors (Lipinski definition) is 1. The van der Waals surface area contributed by atoms with Crippen molar-refractivity contribution < 1.29 is 8.76 Å². The van der Waals surface area contributed by atoms with Crippen molar-refractivity contribution in [3.63, 3.8) is 0 Å². The summed E-state index contributed by atoms with van der Waals surface area (Å²) < 4.78 is 25.3. The molecule has 2 heterocycles. The molecule has 4 aromatic rings. The fourth-order valence-corrected chi connectivity index (χ4v) is 4.69. The van der Waals surface area contributed by atoms with Gasteiger partial charge in [-0.2, -0.15) is 4.98 Å². The normalized spacial score (nSPS) is 15.1. The first-order valence-electron chi connectivity index (χ1n) is 10.3. The zero-order valence-electron chi connectivity index (χ0n) is 17.4. The fraction of sp³-hybridized carbons (Fsp3) is 0.120. The van der Waals surface area contributed by atoms with Gasteiger partial charge in [-0.1, -0.05) is 42.0 Å². The first kappa shape index (κ1) is 20.4. The minimum atomic E-state index is -2.20. The second-order valence-electron chi connectivity index (χ2n) is 7.78. The molecule has 5 rings (SSSR count). The quantitative estimate of drug-likeness (QED) is 0.454. The predicted octanol–water partition coefficient (Wildman–Crippen LogP) is 4.92. The van der Waals surface area contributed by atoms with Crippen molar-refractivity contribution in [2.24, 2.45) is 0 Å². The van der Waals surface area contributed by atoms with Gasteiger partial charge >= 0.3 is 0 Å². The highest BCUT2D eigenvalue weighted by Crippen LogP contribution is 2.31.